The van der Waals surface area contributed by atoms with Crippen LogP contribution in [0.2, 0.25) is 0 Å². The highest BCUT2D eigenvalue weighted by Crippen LogP contribution is 2.42. The van der Waals surface area contributed by atoms with E-state index in [9.17, 15) is 0 Å². The molecule has 3 heterocycles. The number of aromatic nitrogens is 3. The predicted molar refractivity (Wildman–Crippen MR) is 242 cm³/mol. The van der Waals surface area contributed by atoms with E-state index in [-0.39, 0.29) is 0 Å². The van der Waals surface area contributed by atoms with Gasteiger partial charge in [-0.3, -0.25) is 0 Å². The van der Waals surface area contributed by atoms with E-state index in [4.69, 9.17) is 0 Å². The van der Waals surface area contributed by atoms with Gasteiger partial charge in [-0.1, -0.05) is 127 Å². The summed E-state index contributed by atoms with van der Waals surface area (Å²) in [6.45, 7) is 0. The van der Waals surface area contributed by atoms with E-state index in [1.165, 1.54) is 103 Å². The van der Waals surface area contributed by atoms with Crippen LogP contribution in [0, 0.1) is 0 Å². The molecule has 0 N–H and O–H groups in total. The maximum Gasteiger partial charge on any atom is 0.0548 e. The van der Waals surface area contributed by atoms with Crippen molar-refractivity contribution in [2.75, 3.05) is 0 Å². The van der Waals surface area contributed by atoms with Crippen molar-refractivity contribution in [3.63, 3.8) is 0 Å². The molecule has 13 aromatic rings. The maximum absolute atomic E-state index is 2.48. The van der Waals surface area contributed by atoms with Crippen molar-refractivity contribution >= 4 is 97.7 Å². The Bertz CT molecular complexity index is 3770. The summed E-state index contributed by atoms with van der Waals surface area (Å²) >= 11 is 0. The average molecular weight is 724 g/mol. The summed E-state index contributed by atoms with van der Waals surface area (Å²) in [7, 11) is 0. The Kier molecular flexibility index (Phi) is 6.16. The van der Waals surface area contributed by atoms with Gasteiger partial charge in [-0.25, -0.2) is 0 Å². The highest BCUT2D eigenvalue weighted by atomic mass is 15.0. The standard InChI is InChI=1S/C54H33N3/c1-2-14-34(15-3-1)55-49-23-11-8-20-42(49)46-31-36(27-29-52(46)55)57-51-25-13-10-22-44(51)48-32-53-47(33-54(48)57)43-21-9-12-24-50(43)56(53)35-26-28-41-39-18-5-4-16-37(39)38-17-6-7-19-40(38)45(41)30-35/h1-33H. The molecule has 0 spiro atoms. The molecule has 10 aromatic carbocycles. The zero-order valence-corrected chi connectivity index (χ0v) is 30.9. The topological polar surface area (TPSA) is 14.8 Å². The van der Waals surface area contributed by atoms with Crippen molar-refractivity contribution in [2.24, 2.45) is 0 Å². The van der Waals surface area contributed by atoms with Gasteiger partial charge in [0.15, 0.2) is 0 Å². The average Bonchev–Trinajstić information content (AvgIpc) is 3.91. The van der Waals surface area contributed by atoms with Crippen LogP contribution in [-0.4, -0.2) is 13.7 Å². The molecule has 57 heavy (non-hydrogen) atoms. The quantitative estimate of drug-likeness (QED) is 0.161. The second-order valence-electron chi connectivity index (χ2n) is 15.3. The Labute approximate surface area is 327 Å². The lowest BCUT2D eigenvalue weighted by Gasteiger charge is -2.14. The fourth-order valence-electron chi connectivity index (χ4n) is 9.98. The molecule has 264 valence electrons. The third-order valence-electron chi connectivity index (χ3n) is 12.4. The zero-order valence-electron chi connectivity index (χ0n) is 30.9. The molecule has 0 radical (unpaired) electrons. The number of fused-ring (bicyclic) bond motifs is 15. The molecule has 3 heteroatoms. The molecular formula is C54H33N3. The zero-order chi connectivity index (χ0) is 37.2. The van der Waals surface area contributed by atoms with Crippen LogP contribution in [0.25, 0.3) is 115 Å². The fraction of sp³-hybridized carbons (Fsp3) is 0. The first-order valence-corrected chi connectivity index (χ1v) is 19.7. The number of nitrogens with zero attached hydrogens (tertiary/aromatic N) is 3. The first-order chi connectivity index (χ1) is 28.3. The van der Waals surface area contributed by atoms with Crippen LogP contribution in [0.3, 0.4) is 0 Å². The van der Waals surface area contributed by atoms with Gasteiger partial charge in [-0.15, -0.1) is 0 Å². The second kappa shape index (κ2) is 11.5. The van der Waals surface area contributed by atoms with Crippen LogP contribution >= 0.6 is 0 Å². The molecule has 0 fully saturated rings. The second-order valence-corrected chi connectivity index (χ2v) is 15.3. The highest BCUT2D eigenvalue weighted by Gasteiger charge is 2.20. The maximum atomic E-state index is 2.48. The van der Waals surface area contributed by atoms with E-state index >= 15 is 0 Å². The SMILES string of the molecule is c1ccc(-n2c3ccccc3c3cc(-n4c5ccccc5c5cc6c(cc54)c4ccccc4n6-c4ccc5c6ccccc6c6ccccc6c5c4)ccc32)cc1. The van der Waals surface area contributed by atoms with E-state index in [1.807, 2.05) is 0 Å². The smallest absolute Gasteiger partial charge is 0.0548 e. The van der Waals surface area contributed by atoms with Gasteiger partial charge in [0, 0.05) is 49.4 Å². The highest BCUT2D eigenvalue weighted by molar-refractivity contribution is 6.26. The van der Waals surface area contributed by atoms with Crippen LogP contribution in [0.1, 0.15) is 0 Å². The summed E-state index contributed by atoms with van der Waals surface area (Å²) < 4.78 is 7.33. The Morgan fingerprint density at radius 2 is 0.509 bits per heavy atom. The van der Waals surface area contributed by atoms with Crippen molar-refractivity contribution in [1.82, 2.24) is 13.7 Å². The molecule has 0 amide bonds. The minimum atomic E-state index is 1.15. The van der Waals surface area contributed by atoms with E-state index < -0.39 is 0 Å². The Morgan fingerprint density at radius 1 is 0.175 bits per heavy atom. The van der Waals surface area contributed by atoms with Crippen LogP contribution in [-0.2, 0) is 0 Å². The monoisotopic (exact) mass is 723 g/mol. The minimum Gasteiger partial charge on any atom is -0.309 e. The van der Waals surface area contributed by atoms with Crippen LogP contribution in [0.5, 0.6) is 0 Å². The summed E-state index contributed by atoms with van der Waals surface area (Å²) in [5.74, 6) is 0. The normalized spacial score (nSPS) is 12.2. The number of para-hydroxylation sites is 4. The van der Waals surface area contributed by atoms with Gasteiger partial charge in [0.05, 0.1) is 33.1 Å². The van der Waals surface area contributed by atoms with Gasteiger partial charge >= 0.3 is 0 Å². The molecule has 3 aromatic heterocycles. The van der Waals surface area contributed by atoms with Crippen molar-refractivity contribution in [3.8, 4) is 17.1 Å². The fourth-order valence-corrected chi connectivity index (χ4v) is 9.98. The van der Waals surface area contributed by atoms with Crippen LogP contribution in [0.15, 0.2) is 200 Å². The van der Waals surface area contributed by atoms with Crippen molar-refractivity contribution in [1.29, 1.82) is 0 Å². The first-order valence-electron chi connectivity index (χ1n) is 19.7. The van der Waals surface area contributed by atoms with Gasteiger partial charge in [0.25, 0.3) is 0 Å². The van der Waals surface area contributed by atoms with Gasteiger partial charge < -0.3 is 13.7 Å². The molecule has 0 aliphatic rings. The Morgan fingerprint density at radius 3 is 1.02 bits per heavy atom. The third kappa shape index (κ3) is 4.20. The third-order valence-corrected chi connectivity index (χ3v) is 12.4. The van der Waals surface area contributed by atoms with Crippen LogP contribution in [0.4, 0.5) is 0 Å². The lowest BCUT2D eigenvalue weighted by molar-refractivity contribution is 1.16. The number of rotatable bonds is 3. The molecule has 0 saturated heterocycles. The lowest BCUT2D eigenvalue weighted by Crippen LogP contribution is -1.96. The van der Waals surface area contributed by atoms with Crippen molar-refractivity contribution in [2.45, 2.75) is 0 Å². The summed E-state index contributed by atoms with van der Waals surface area (Å²) in [6.07, 6.45) is 0. The van der Waals surface area contributed by atoms with Gasteiger partial charge in [-0.2, -0.15) is 0 Å². The molecule has 0 aliphatic heterocycles. The van der Waals surface area contributed by atoms with Gasteiger partial charge in [-0.05, 0) is 105 Å². The molecule has 0 aliphatic carbocycles. The minimum absolute atomic E-state index is 1.15. The predicted octanol–water partition coefficient (Wildman–Crippen LogP) is 14.4. The van der Waals surface area contributed by atoms with Crippen molar-refractivity contribution in [3.05, 3.63) is 200 Å². The summed E-state index contributed by atoms with van der Waals surface area (Å²) in [5.41, 5.74) is 10.7. The van der Waals surface area contributed by atoms with E-state index in [0.29, 0.717) is 0 Å². The van der Waals surface area contributed by atoms with E-state index in [2.05, 4.69) is 214 Å². The Hall–Kier alpha value is -7.62. The number of hydrogen-bond donors (Lipinski definition) is 0. The van der Waals surface area contributed by atoms with Crippen molar-refractivity contribution < 1.29 is 0 Å². The number of hydrogen-bond acceptors (Lipinski definition) is 0. The van der Waals surface area contributed by atoms with E-state index in [1.54, 1.807) is 0 Å². The molecule has 13 rings (SSSR count). The molecule has 0 unspecified atom stereocenters. The van der Waals surface area contributed by atoms with Gasteiger partial charge in [0.1, 0.15) is 0 Å². The largest absolute Gasteiger partial charge is 0.309 e. The molecule has 0 bridgehead atoms. The number of benzene rings is 10. The first kappa shape index (κ1) is 30.7. The summed E-state index contributed by atoms with van der Waals surface area (Å²) in [5, 5.41) is 15.2. The summed E-state index contributed by atoms with van der Waals surface area (Å²) in [6, 6.07) is 73.8. The molecule has 0 saturated carbocycles. The van der Waals surface area contributed by atoms with Crippen LogP contribution < -0.4 is 0 Å². The van der Waals surface area contributed by atoms with E-state index in [0.717, 1.165) is 11.4 Å². The summed E-state index contributed by atoms with van der Waals surface area (Å²) in [4.78, 5) is 0. The molecule has 0 atom stereocenters. The van der Waals surface area contributed by atoms with Gasteiger partial charge in [0.2, 0.25) is 0 Å². The Balaban J connectivity index is 1.09. The molecular weight excluding hydrogens is 691 g/mol. The lowest BCUT2D eigenvalue weighted by atomic mass is 9.94. The molecule has 3 nitrogen and oxygen atoms in total.